The van der Waals surface area contributed by atoms with E-state index >= 15 is 0 Å². The van der Waals surface area contributed by atoms with Crippen molar-refractivity contribution in [2.45, 2.75) is 39.0 Å². The molecule has 0 atom stereocenters. The van der Waals surface area contributed by atoms with E-state index in [-0.39, 0.29) is 0 Å². The van der Waals surface area contributed by atoms with Crippen LogP contribution in [0.1, 0.15) is 39.0 Å². The zero-order chi connectivity index (χ0) is 14.0. The first-order valence-corrected chi connectivity index (χ1v) is 14.8. The van der Waals surface area contributed by atoms with E-state index in [1.807, 2.05) is 0 Å². The quantitative estimate of drug-likeness (QED) is 0.456. The molecule has 0 saturated carbocycles. The van der Waals surface area contributed by atoms with E-state index in [0.717, 1.165) is 6.67 Å². The molecule has 0 aliphatic carbocycles. The number of halogens is 4. The van der Waals surface area contributed by atoms with Crippen LogP contribution in [0.2, 0.25) is 0 Å². The van der Waals surface area contributed by atoms with Gasteiger partial charge in [-0.05, 0) is 6.42 Å². The molecule has 0 aromatic rings. The minimum atomic E-state index is -3.11. The van der Waals surface area contributed by atoms with Crippen LogP contribution < -0.4 is 0 Å². The molecule has 0 spiro atoms. The van der Waals surface area contributed by atoms with Crippen molar-refractivity contribution < 1.29 is 12.3 Å². The summed E-state index contributed by atoms with van der Waals surface area (Å²) in [5.41, 5.74) is 0. The summed E-state index contributed by atoms with van der Waals surface area (Å²) in [6.07, 6.45) is 11.2. The van der Waals surface area contributed by atoms with Crippen LogP contribution in [0.4, 0.5) is 0 Å². The van der Waals surface area contributed by atoms with Crippen molar-refractivity contribution in [1.29, 1.82) is 0 Å². The third-order valence-electron chi connectivity index (χ3n) is 2.49. The van der Waals surface area contributed by atoms with Crippen LogP contribution in [0.25, 0.3) is 0 Å². The second-order valence-corrected chi connectivity index (χ2v) is 19.8. The van der Waals surface area contributed by atoms with Gasteiger partial charge in [0.05, 0.1) is 6.67 Å². The third-order valence-corrected chi connectivity index (χ3v) is 2.49. The Kier molecular flexibility index (Phi) is 11.7. The van der Waals surface area contributed by atoms with Gasteiger partial charge in [0, 0.05) is 26.0 Å². The first-order valence-electron chi connectivity index (χ1n) is 6.21. The molecule has 0 aromatic heterocycles. The fraction of sp³-hybridized carbons (Fsp3) is 0.818. The molecule has 2 nitrogen and oxygen atoms in total. The van der Waals surface area contributed by atoms with Crippen molar-refractivity contribution in [1.82, 2.24) is 9.80 Å². The maximum absolute atomic E-state index is 5.01. The minimum absolute atomic E-state index is 1.08. The van der Waals surface area contributed by atoms with Crippen LogP contribution in [-0.2, 0) is 12.3 Å². The molecule has 0 amide bonds. The molecule has 108 valence electrons. The fourth-order valence-corrected chi connectivity index (χ4v) is 1.65. The Morgan fingerprint density at radius 1 is 1.00 bits per heavy atom. The van der Waals surface area contributed by atoms with Gasteiger partial charge in [0.2, 0.25) is 0 Å². The molecular formula is C11H22Cl4N2Ti. The second-order valence-electron chi connectivity index (χ2n) is 4.35. The molecule has 18 heavy (non-hydrogen) atoms. The van der Waals surface area contributed by atoms with Crippen LogP contribution in [0.3, 0.4) is 0 Å². The van der Waals surface area contributed by atoms with Gasteiger partial charge < -0.3 is 9.80 Å². The SMILES string of the molecule is CCCCCCCN1C=CN(C)C1.[Cl][Ti]([Cl])([Cl])[Cl]. The molecule has 0 radical (unpaired) electrons. The van der Waals surface area contributed by atoms with E-state index in [2.05, 4.69) is 36.2 Å². The molecule has 1 aliphatic heterocycles. The van der Waals surface area contributed by atoms with Crippen molar-refractivity contribution in [3.8, 4) is 0 Å². The summed E-state index contributed by atoms with van der Waals surface area (Å²) in [6.45, 7) is 4.57. The molecule has 0 fully saturated rings. The number of rotatable bonds is 6. The Morgan fingerprint density at radius 3 is 2.00 bits per heavy atom. The molecule has 0 bridgehead atoms. The van der Waals surface area contributed by atoms with Crippen LogP contribution >= 0.6 is 37.2 Å². The summed E-state index contributed by atoms with van der Waals surface area (Å²) in [7, 11) is 22.2. The zero-order valence-corrected chi connectivity index (χ0v) is 15.6. The number of unbranched alkanes of at least 4 members (excludes halogenated alkanes) is 4. The van der Waals surface area contributed by atoms with Gasteiger partial charge in [-0.25, -0.2) is 0 Å². The Labute approximate surface area is 130 Å². The average molecular weight is 372 g/mol. The van der Waals surface area contributed by atoms with Crippen molar-refractivity contribution in [2.75, 3.05) is 20.3 Å². The van der Waals surface area contributed by atoms with Gasteiger partial charge in [-0.3, -0.25) is 0 Å². The van der Waals surface area contributed by atoms with Gasteiger partial charge in [-0.1, -0.05) is 32.6 Å². The van der Waals surface area contributed by atoms with Crippen molar-refractivity contribution >= 4 is 37.2 Å². The van der Waals surface area contributed by atoms with Gasteiger partial charge in [0.1, 0.15) is 0 Å². The maximum atomic E-state index is 5.01. The standard InChI is InChI=1S/C11H22N2.4ClH.Ti/c1-3-4-5-6-7-8-13-10-9-12(2)11-13;;;;;/h9-10H,3-8,11H2,1-2H3;4*1H;/q;;;;;+4/p-4. The third kappa shape index (κ3) is 15.3. The molecule has 1 heterocycles. The molecule has 0 N–H and O–H groups in total. The number of hydrogen-bond acceptors (Lipinski definition) is 2. The molecule has 7 heteroatoms. The Balaban J connectivity index is 0.000000494. The van der Waals surface area contributed by atoms with Crippen molar-refractivity contribution in [2.24, 2.45) is 0 Å². The van der Waals surface area contributed by atoms with Gasteiger partial charge in [-0.15, -0.1) is 0 Å². The summed E-state index contributed by atoms with van der Waals surface area (Å²) in [6, 6.07) is 0. The monoisotopic (exact) mass is 370 g/mol. The van der Waals surface area contributed by atoms with Crippen molar-refractivity contribution in [3.63, 3.8) is 0 Å². The van der Waals surface area contributed by atoms with Gasteiger partial charge >= 0.3 is 49.6 Å². The van der Waals surface area contributed by atoms with Crippen LogP contribution in [0.5, 0.6) is 0 Å². The molecule has 1 rings (SSSR count). The Hall–Kier alpha value is 1.21. The van der Waals surface area contributed by atoms with E-state index < -0.39 is 12.3 Å². The molecule has 0 aromatic carbocycles. The number of hydrogen-bond donors (Lipinski definition) is 0. The first-order chi connectivity index (χ1) is 8.33. The van der Waals surface area contributed by atoms with Crippen LogP contribution in [0, 0.1) is 0 Å². The topological polar surface area (TPSA) is 6.48 Å². The predicted octanol–water partition coefficient (Wildman–Crippen LogP) is 5.39. The molecule has 0 unspecified atom stereocenters. The molecule has 0 saturated heterocycles. The summed E-state index contributed by atoms with van der Waals surface area (Å²) in [5, 5.41) is 0. The first kappa shape index (κ1) is 19.2. The summed E-state index contributed by atoms with van der Waals surface area (Å²) >= 11 is -3.11. The Bertz CT molecular complexity index is 228. The normalized spacial score (nSPS) is 14.8. The molecular weight excluding hydrogens is 350 g/mol. The van der Waals surface area contributed by atoms with Crippen molar-refractivity contribution in [3.05, 3.63) is 12.4 Å². The van der Waals surface area contributed by atoms with Gasteiger partial charge in [0.25, 0.3) is 0 Å². The number of nitrogens with zero attached hydrogens (tertiary/aromatic N) is 2. The molecule has 1 aliphatic rings. The fourth-order valence-electron chi connectivity index (χ4n) is 1.65. The van der Waals surface area contributed by atoms with E-state index in [1.54, 1.807) is 0 Å². The van der Waals surface area contributed by atoms with Gasteiger partial charge in [0.15, 0.2) is 0 Å². The summed E-state index contributed by atoms with van der Waals surface area (Å²) in [5.74, 6) is 0. The van der Waals surface area contributed by atoms with Crippen LogP contribution in [-0.4, -0.2) is 30.1 Å². The van der Waals surface area contributed by atoms with Crippen LogP contribution in [0.15, 0.2) is 12.4 Å². The van der Waals surface area contributed by atoms with E-state index in [1.165, 1.54) is 38.6 Å². The Morgan fingerprint density at radius 2 is 1.56 bits per heavy atom. The van der Waals surface area contributed by atoms with E-state index in [0.29, 0.717) is 0 Å². The van der Waals surface area contributed by atoms with E-state index in [4.69, 9.17) is 37.2 Å². The summed E-state index contributed by atoms with van der Waals surface area (Å²) in [4.78, 5) is 4.60. The predicted molar refractivity (Wildman–Crippen MR) is 80.6 cm³/mol. The average Bonchev–Trinajstić information content (AvgIpc) is 2.61. The summed E-state index contributed by atoms with van der Waals surface area (Å²) < 4.78 is 0. The zero-order valence-electron chi connectivity index (χ0n) is 11.0. The van der Waals surface area contributed by atoms with E-state index in [9.17, 15) is 0 Å². The van der Waals surface area contributed by atoms with Gasteiger partial charge in [-0.2, -0.15) is 0 Å². The second kappa shape index (κ2) is 10.9.